The van der Waals surface area contributed by atoms with Gasteiger partial charge in [-0.15, -0.1) is 0 Å². The molecule has 3 unspecified atom stereocenters. The van der Waals surface area contributed by atoms with Crippen LogP contribution in [0.4, 0.5) is 0 Å². The SMILES string of the molecule is CCNC(c1ccc(C)nc1)C1OCCC1C. The maximum atomic E-state index is 5.87. The van der Waals surface area contributed by atoms with Crippen LogP contribution in [-0.4, -0.2) is 24.2 Å². The molecule has 0 radical (unpaired) electrons. The summed E-state index contributed by atoms with van der Waals surface area (Å²) in [6.07, 6.45) is 3.41. The minimum atomic E-state index is 0.269. The number of pyridine rings is 1. The van der Waals surface area contributed by atoms with Crippen LogP contribution in [0, 0.1) is 12.8 Å². The third-order valence-corrected chi connectivity index (χ3v) is 3.49. The fourth-order valence-electron chi connectivity index (χ4n) is 2.45. The molecule has 0 saturated carbocycles. The summed E-state index contributed by atoms with van der Waals surface area (Å²) in [5.41, 5.74) is 2.29. The second kappa shape index (κ2) is 5.61. The van der Waals surface area contributed by atoms with Crippen molar-refractivity contribution in [2.24, 2.45) is 5.92 Å². The lowest BCUT2D eigenvalue weighted by Crippen LogP contribution is -2.34. The van der Waals surface area contributed by atoms with Gasteiger partial charge in [-0.25, -0.2) is 0 Å². The maximum absolute atomic E-state index is 5.87. The minimum Gasteiger partial charge on any atom is -0.376 e. The topological polar surface area (TPSA) is 34.2 Å². The molecule has 1 aromatic rings. The number of aromatic nitrogens is 1. The first-order chi connectivity index (χ1) is 8.22. The average molecular weight is 234 g/mol. The molecule has 0 amide bonds. The first-order valence-electron chi connectivity index (χ1n) is 6.50. The van der Waals surface area contributed by atoms with Crippen LogP contribution in [0.5, 0.6) is 0 Å². The molecule has 1 N–H and O–H groups in total. The van der Waals surface area contributed by atoms with E-state index in [1.807, 2.05) is 13.1 Å². The summed E-state index contributed by atoms with van der Waals surface area (Å²) >= 11 is 0. The van der Waals surface area contributed by atoms with Gasteiger partial charge in [-0.05, 0) is 37.4 Å². The molecule has 2 rings (SSSR count). The van der Waals surface area contributed by atoms with E-state index in [1.54, 1.807) is 0 Å². The quantitative estimate of drug-likeness (QED) is 0.869. The molecule has 3 atom stereocenters. The Labute approximate surface area is 104 Å². The van der Waals surface area contributed by atoms with Crippen molar-refractivity contribution in [2.75, 3.05) is 13.2 Å². The van der Waals surface area contributed by atoms with E-state index in [0.29, 0.717) is 5.92 Å². The second-order valence-corrected chi connectivity index (χ2v) is 4.87. The summed E-state index contributed by atoms with van der Waals surface area (Å²) in [5, 5.41) is 3.53. The van der Waals surface area contributed by atoms with E-state index in [4.69, 9.17) is 4.74 Å². The van der Waals surface area contributed by atoms with Crippen molar-refractivity contribution in [2.45, 2.75) is 39.3 Å². The summed E-state index contributed by atoms with van der Waals surface area (Å²) < 4.78 is 5.87. The molecular formula is C14H22N2O. The Bertz CT molecular complexity index is 350. The molecular weight excluding hydrogens is 212 g/mol. The van der Waals surface area contributed by atoms with Crippen LogP contribution < -0.4 is 5.32 Å². The fraction of sp³-hybridized carbons (Fsp3) is 0.643. The second-order valence-electron chi connectivity index (χ2n) is 4.87. The zero-order valence-electron chi connectivity index (χ0n) is 10.9. The molecule has 0 spiro atoms. The van der Waals surface area contributed by atoms with Gasteiger partial charge in [0.2, 0.25) is 0 Å². The Balaban J connectivity index is 2.18. The summed E-state index contributed by atoms with van der Waals surface area (Å²) in [4.78, 5) is 4.38. The number of hydrogen-bond donors (Lipinski definition) is 1. The van der Waals surface area contributed by atoms with Gasteiger partial charge in [-0.2, -0.15) is 0 Å². The summed E-state index contributed by atoms with van der Waals surface area (Å²) in [6, 6.07) is 4.49. The highest BCUT2D eigenvalue weighted by atomic mass is 16.5. The molecule has 3 nitrogen and oxygen atoms in total. The molecule has 3 heteroatoms. The molecule has 1 aliphatic heterocycles. The lowest BCUT2D eigenvalue weighted by molar-refractivity contribution is 0.0611. The van der Waals surface area contributed by atoms with E-state index in [0.717, 1.165) is 25.3 Å². The third kappa shape index (κ3) is 2.85. The first-order valence-corrected chi connectivity index (χ1v) is 6.50. The highest BCUT2D eigenvalue weighted by Crippen LogP contribution is 2.30. The fourth-order valence-corrected chi connectivity index (χ4v) is 2.45. The van der Waals surface area contributed by atoms with Crippen molar-refractivity contribution in [3.63, 3.8) is 0 Å². The largest absolute Gasteiger partial charge is 0.376 e. The van der Waals surface area contributed by atoms with Crippen molar-refractivity contribution >= 4 is 0 Å². The number of hydrogen-bond acceptors (Lipinski definition) is 3. The van der Waals surface area contributed by atoms with Gasteiger partial charge in [0.15, 0.2) is 0 Å². The molecule has 94 valence electrons. The van der Waals surface area contributed by atoms with Crippen molar-refractivity contribution in [1.82, 2.24) is 10.3 Å². The highest BCUT2D eigenvalue weighted by Gasteiger charge is 2.32. The molecule has 0 aliphatic carbocycles. The lowest BCUT2D eigenvalue weighted by Gasteiger charge is -2.27. The predicted octanol–water partition coefficient (Wildman–Crippen LogP) is 2.47. The number of nitrogens with one attached hydrogen (secondary N) is 1. The van der Waals surface area contributed by atoms with Gasteiger partial charge in [0, 0.05) is 18.5 Å². The summed E-state index contributed by atoms with van der Waals surface area (Å²) in [6.45, 7) is 8.25. The van der Waals surface area contributed by atoms with Crippen LogP contribution in [0.3, 0.4) is 0 Å². The summed E-state index contributed by atoms with van der Waals surface area (Å²) in [5.74, 6) is 0.611. The number of rotatable bonds is 4. The van der Waals surface area contributed by atoms with Crippen LogP contribution in [0.1, 0.15) is 37.6 Å². The van der Waals surface area contributed by atoms with E-state index in [-0.39, 0.29) is 12.1 Å². The number of aryl methyl sites for hydroxylation is 1. The Morgan fingerprint density at radius 3 is 2.88 bits per heavy atom. The molecule has 1 aromatic heterocycles. The van der Waals surface area contributed by atoms with Gasteiger partial charge in [0.25, 0.3) is 0 Å². The average Bonchev–Trinajstić information content (AvgIpc) is 2.74. The standard InChI is InChI=1S/C14H22N2O/c1-4-15-13(14-10(2)7-8-17-14)12-6-5-11(3)16-9-12/h5-6,9-10,13-15H,4,7-8H2,1-3H3. The highest BCUT2D eigenvalue weighted by molar-refractivity contribution is 5.19. The summed E-state index contributed by atoms with van der Waals surface area (Å²) in [7, 11) is 0. The molecule has 2 heterocycles. The minimum absolute atomic E-state index is 0.269. The molecule has 1 saturated heterocycles. The van der Waals surface area contributed by atoms with Gasteiger partial charge >= 0.3 is 0 Å². The predicted molar refractivity (Wildman–Crippen MR) is 68.9 cm³/mol. The van der Waals surface area contributed by atoms with Crippen molar-refractivity contribution in [3.05, 3.63) is 29.6 Å². The Kier molecular flexibility index (Phi) is 4.13. The van der Waals surface area contributed by atoms with Crippen molar-refractivity contribution in [1.29, 1.82) is 0 Å². The molecule has 0 aromatic carbocycles. The monoisotopic (exact) mass is 234 g/mol. The van der Waals surface area contributed by atoms with Crippen molar-refractivity contribution < 1.29 is 4.74 Å². The zero-order chi connectivity index (χ0) is 12.3. The molecule has 0 bridgehead atoms. The lowest BCUT2D eigenvalue weighted by atomic mass is 9.93. The number of ether oxygens (including phenoxy) is 1. The Hall–Kier alpha value is -0.930. The Morgan fingerprint density at radius 2 is 2.35 bits per heavy atom. The van der Waals surface area contributed by atoms with Crippen LogP contribution >= 0.6 is 0 Å². The first kappa shape index (κ1) is 12.5. The zero-order valence-corrected chi connectivity index (χ0v) is 10.9. The molecule has 17 heavy (non-hydrogen) atoms. The van der Waals surface area contributed by atoms with Crippen molar-refractivity contribution in [3.8, 4) is 0 Å². The number of likely N-dealkylation sites (N-methyl/N-ethyl adjacent to an activating group) is 1. The normalized spacial score (nSPS) is 26.1. The van der Waals surface area contributed by atoms with Gasteiger partial charge < -0.3 is 10.1 Å². The van der Waals surface area contributed by atoms with Gasteiger partial charge in [-0.1, -0.05) is 19.9 Å². The van der Waals surface area contributed by atoms with E-state index < -0.39 is 0 Å². The van der Waals surface area contributed by atoms with Gasteiger partial charge in [-0.3, -0.25) is 4.98 Å². The van der Waals surface area contributed by atoms with Crippen LogP contribution in [0.2, 0.25) is 0 Å². The molecule has 1 aliphatic rings. The van der Waals surface area contributed by atoms with Gasteiger partial charge in [0.05, 0.1) is 12.1 Å². The van der Waals surface area contributed by atoms with E-state index in [2.05, 4.69) is 36.3 Å². The van der Waals surface area contributed by atoms with Crippen LogP contribution in [0.15, 0.2) is 18.3 Å². The number of nitrogens with zero attached hydrogens (tertiary/aromatic N) is 1. The van der Waals surface area contributed by atoms with E-state index in [1.165, 1.54) is 5.56 Å². The van der Waals surface area contributed by atoms with Crippen LogP contribution in [0.25, 0.3) is 0 Å². The Morgan fingerprint density at radius 1 is 1.53 bits per heavy atom. The van der Waals surface area contributed by atoms with Gasteiger partial charge in [0.1, 0.15) is 0 Å². The molecule has 1 fully saturated rings. The smallest absolute Gasteiger partial charge is 0.0796 e. The third-order valence-electron chi connectivity index (χ3n) is 3.49. The van der Waals surface area contributed by atoms with E-state index in [9.17, 15) is 0 Å². The van der Waals surface area contributed by atoms with Crippen LogP contribution in [-0.2, 0) is 4.74 Å². The van der Waals surface area contributed by atoms with E-state index >= 15 is 0 Å². The maximum Gasteiger partial charge on any atom is 0.0796 e.